The van der Waals surface area contributed by atoms with Crippen molar-refractivity contribution in [1.82, 2.24) is 0 Å². The second-order valence-electron chi connectivity index (χ2n) is 3.05. The van der Waals surface area contributed by atoms with Crippen LogP contribution in [0.3, 0.4) is 0 Å². The minimum atomic E-state index is 0.644. The molecule has 0 bridgehead atoms. The Hall–Kier alpha value is -0.420. The number of hydrogen-bond acceptors (Lipinski definition) is 4. The van der Waals surface area contributed by atoms with Gasteiger partial charge in [-0.3, -0.25) is 0 Å². The van der Waals surface area contributed by atoms with Gasteiger partial charge in [0, 0.05) is 18.4 Å². The second-order valence-corrected chi connectivity index (χ2v) is 4.08. The molecule has 15 heavy (non-hydrogen) atoms. The molecule has 1 rings (SSSR count). The third-order valence-electron chi connectivity index (χ3n) is 1.88. The summed E-state index contributed by atoms with van der Waals surface area (Å²) < 4.78 is 15.5. The minimum Gasteiger partial charge on any atom is -0.382 e. The van der Waals surface area contributed by atoms with Crippen LogP contribution in [0, 0.1) is 0 Å². The first kappa shape index (κ1) is 12.6. The lowest BCUT2D eigenvalue weighted by Gasteiger charge is -2.04. The zero-order valence-electron chi connectivity index (χ0n) is 9.11. The zero-order valence-corrected chi connectivity index (χ0v) is 9.92. The summed E-state index contributed by atoms with van der Waals surface area (Å²) in [5, 5.41) is 2.09. The van der Waals surface area contributed by atoms with Crippen molar-refractivity contribution >= 4 is 11.3 Å². The molecule has 0 N–H and O–H groups in total. The smallest absolute Gasteiger partial charge is 0.0701 e. The summed E-state index contributed by atoms with van der Waals surface area (Å²) in [6, 6.07) is 4.19. The molecule has 1 aromatic heterocycles. The van der Waals surface area contributed by atoms with Crippen LogP contribution in [0.4, 0.5) is 0 Å². The van der Waals surface area contributed by atoms with Crippen molar-refractivity contribution in [3.05, 3.63) is 22.4 Å². The lowest BCUT2D eigenvalue weighted by Crippen LogP contribution is -2.09. The van der Waals surface area contributed by atoms with E-state index in [-0.39, 0.29) is 0 Å². The van der Waals surface area contributed by atoms with Gasteiger partial charge < -0.3 is 14.2 Å². The van der Waals surface area contributed by atoms with Crippen molar-refractivity contribution in [1.29, 1.82) is 0 Å². The van der Waals surface area contributed by atoms with Crippen LogP contribution in [-0.4, -0.2) is 40.1 Å². The van der Waals surface area contributed by atoms with E-state index in [0.717, 1.165) is 13.0 Å². The van der Waals surface area contributed by atoms with Gasteiger partial charge in [-0.25, -0.2) is 0 Å². The molecule has 1 aromatic rings. The number of thiophene rings is 1. The fourth-order valence-electron chi connectivity index (χ4n) is 1.09. The molecule has 0 aliphatic heterocycles. The van der Waals surface area contributed by atoms with E-state index in [4.69, 9.17) is 14.2 Å². The topological polar surface area (TPSA) is 27.7 Å². The summed E-state index contributed by atoms with van der Waals surface area (Å²) in [7, 11) is 1.67. The van der Waals surface area contributed by atoms with Crippen molar-refractivity contribution in [2.75, 3.05) is 40.1 Å². The van der Waals surface area contributed by atoms with E-state index in [1.807, 2.05) is 0 Å². The zero-order chi connectivity index (χ0) is 10.8. The third kappa shape index (κ3) is 6.62. The molecular formula is C11H18O3S. The molecule has 0 spiro atoms. The Bertz CT molecular complexity index is 224. The largest absolute Gasteiger partial charge is 0.382 e. The van der Waals surface area contributed by atoms with E-state index < -0.39 is 0 Å². The molecule has 0 aliphatic rings. The Morgan fingerprint density at radius 3 is 2.47 bits per heavy atom. The van der Waals surface area contributed by atoms with E-state index in [1.54, 1.807) is 18.4 Å². The molecule has 0 amide bonds. The molecule has 0 radical (unpaired) electrons. The Kier molecular flexibility index (Phi) is 7.47. The molecule has 0 unspecified atom stereocenters. The highest BCUT2D eigenvalue weighted by molar-refractivity contribution is 7.09. The number of methoxy groups -OCH3 is 1. The average molecular weight is 230 g/mol. The standard InChI is InChI=1S/C11H18O3S/c1-12-6-7-14-9-8-13-5-4-11-3-2-10-15-11/h2-3,10H,4-9H2,1H3. The molecule has 86 valence electrons. The second kappa shape index (κ2) is 8.85. The van der Waals surface area contributed by atoms with Gasteiger partial charge in [0.2, 0.25) is 0 Å². The Morgan fingerprint density at radius 1 is 1.07 bits per heavy atom. The molecule has 0 fully saturated rings. The summed E-state index contributed by atoms with van der Waals surface area (Å²) in [5.41, 5.74) is 0. The van der Waals surface area contributed by atoms with Crippen LogP contribution in [-0.2, 0) is 20.6 Å². The first-order valence-corrected chi connectivity index (χ1v) is 5.98. The molecule has 4 heteroatoms. The highest BCUT2D eigenvalue weighted by Crippen LogP contribution is 2.08. The minimum absolute atomic E-state index is 0.644. The van der Waals surface area contributed by atoms with Gasteiger partial charge in [-0.1, -0.05) is 6.07 Å². The fourth-order valence-corrected chi connectivity index (χ4v) is 1.78. The summed E-state index contributed by atoms with van der Waals surface area (Å²) in [5.74, 6) is 0. The van der Waals surface area contributed by atoms with Crippen LogP contribution in [0.2, 0.25) is 0 Å². The lowest BCUT2D eigenvalue weighted by atomic mass is 10.4. The van der Waals surface area contributed by atoms with E-state index in [2.05, 4.69) is 17.5 Å². The Balaban J connectivity index is 1.81. The summed E-state index contributed by atoms with van der Waals surface area (Å²) >= 11 is 1.77. The van der Waals surface area contributed by atoms with Gasteiger partial charge in [0.25, 0.3) is 0 Å². The molecule has 0 aliphatic carbocycles. The van der Waals surface area contributed by atoms with Gasteiger partial charge in [-0.15, -0.1) is 11.3 Å². The van der Waals surface area contributed by atoms with Gasteiger partial charge in [-0.05, 0) is 11.4 Å². The number of hydrogen-bond donors (Lipinski definition) is 0. The molecule has 0 aromatic carbocycles. The van der Waals surface area contributed by atoms with Crippen molar-refractivity contribution in [2.24, 2.45) is 0 Å². The van der Waals surface area contributed by atoms with Crippen molar-refractivity contribution in [2.45, 2.75) is 6.42 Å². The number of ether oxygens (including phenoxy) is 3. The quantitative estimate of drug-likeness (QED) is 0.607. The van der Waals surface area contributed by atoms with E-state index in [0.29, 0.717) is 26.4 Å². The number of rotatable bonds is 9. The first-order valence-electron chi connectivity index (χ1n) is 5.10. The van der Waals surface area contributed by atoms with Crippen LogP contribution in [0.25, 0.3) is 0 Å². The highest BCUT2D eigenvalue weighted by Gasteiger charge is 1.94. The van der Waals surface area contributed by atoms with Crippen molar-refractivity contribution in [3.8, 4) is 0 Å². The maximum absolute atomic E-state index is 5.43. The summed E-state index contributed by atoms with van der Waals surface area (Å²) in [6.07, 6.45) is 0.996. The van der Waals surface area contributed by atoms with Gasteiger partial charge >= 0.3 is 0 Å². The predicted molar refractivity (Wildman–Crippen MR) is 61.5 cm³/mol. The van der Waals surface area contributed by atoms with Crippen molar-refractivity contribution in [3.63, 3.8) is 0 Å². The molecule has 3 nitrogen and oxygen atoms in total. The van der Waals surface area contributed by atoms with E-state index >= 15 is 0 Å². The lowest BCUT2D eigenvalue weighted by molar-refractivity contribution is 0.0257. The van der Waals surface area contributed by atoms with Crippen molar-refractivity contribution < 1.29 is 14.2 Å². The Morgan fingerprint density at radius 2 is 1.80 bits per heavy atom. The third-order valence-corrected chi connectivity index (χ3v) is 2.81. The van der Waals surface area contributed by atoms with Crippen LogP contribution < -0.4 is 0 Å². The maximum atomic E-state index is 5.43. The summed E-state index contributed by atoms with van der Waals surface area (Å²) in [4.78, 5) is 1.37. The normalized spacial score (nSPS) is 10.7. The molecular weight excluding hydrogens is 212 g/mol. The Labute approximate surface area is 95.0 Å². The van der Waals surface area contributed by atoms with Gasteiger partial charge in [0.1, 0.15) is 0 Å². The van der Waals surface area contributed by atoms with Gasteiger partial charge in [0.15, 0.2) is 0 Å². The van der Waals surface area contributed by atoms with Gasteiger partial charge in [0.05, 0.1) is 33.0 Å². The predicted octanol–water partition coefficient (Wildman–Crippen LogP) is 1.97. The maximum Gasteiger partial charge on any atom is 0.0701 e. The van der Waals surface area contributed by atoms with Crippen LogP contribution in [0.15, 0.2) is 17.5 Å². The van der Waals surface area contributed by atoms with Crippen LogP contribution >= 0.6 is 11.3 Å². The first-order chi connectivity index (χ1) is 7.43. The van der Waals surface area contributed by atoms with Crippen LogP contribution in [0.5, 0.6) is 0 Å². The average Bonchev–Trinajstić information content (AvgIpc) is 2.75. The summed E-state index contributed by atoms with van der Waals surface area (Å²) in [6.45, 7) is 3.37. The fraction of sp³-hybridized carbons (Fsp3) is 0.636. The van der Waals surface area contributed by atoms with Crippen LogP contribution in [0.1, 0.15) is 4.88 Å². The van der Waals surface area contributed by atoms with Gasteiger partial charge in [-0.2, -0.15) is 0 Å². The van der Waals surface area contributed by atoms with E-state index in [9.17, 15) is 0 Å². The monoisotopic (exact) mass is 230 g/mol. The molecule has 0 saturated carbocycles. The molecule has 0 saturated heterocycles. The molecule has 1 heterocycles. The van der Waals surface area contributed by atoms with E-state index in [1.165, 1.54) is 4.88 Å². The SMILES string of the molecule is COCCOCCOCCc1cccs1. The highest BCUT2D eigenvalue weighted by atomic mass is 32.1. The molecule has 0 atom stereocenters.